The van der Waals surface area contributed by atoms with Gasteiger partial charge in [-0.1, -0.05) is 6.42 Å². The molecule has 0 aromatic carbocycles. The molecule has 2 heterocycles. The van der Waals surface area contributed by atoms with Crippen molar-refractivity contribution >= 4 is 0 Å². The summed E-state index contributed by atoms with van der Waals surface area (Å²) in [4.78, 5) is 3.87. The first kappa shape index (κ1) is 10.1. The molecule has 1 aromatic heterocycles. The third-order valence-corrected chi connectivity index (χ3v) is 2.76. The molecule has 1 aliphatic heterocycles. The fourth-order valence-corrected chi connectivity index (χ4v) is 1.91. The van der Waals surface area contributed by atoms with Crippen molar-refractivity contribution in [3.05, 3.63) is 12.2 Å². The summed E-state index contributed by atoms with van der Waals surface area (Å²) in [6.07, 6.45) is 6.55. The van der Waals surface area contributed by atoms with Gasteiger partial charge in [-0.15, -0.1) is 5.10 Å². The van der Waals surface area contributed by atoms with E-state index < -0.39 is 0 Å². The molecule has 1 saturated heterocycles. The van der Waals surface area contributed by atoms with Crippen molar-refractivity contribution in [3.63, 3.8) is 0 Å². The van der Waals surface area contributed by atoms with Crippen LogP contribution in [-0.2, 0) is 6.54 Å². The highest BCUT2D eigenvalue weighted by Crippen LogP contribution is 2.10. The Morgan fingerprint density at radius 2 is 2.53 bits per heavy atom. The second-order valence-corrected chi connectivity index (χ2v) is 3.88. The van der Waals surface area contributed by atoms with Crippen LogP contribution in [0.1, 0.15) is 31.5 Å². The first-order chi connectivity index (χ1) is 7.38. The topological polar surface area (TPSA) is 66.5 Å². The number of piperidine rings is 1. The van der Waals surface area contributed by atoms with Gasteiger partial charge < -0.3 is 5.32 Å². The number of hydrogen-bond donors (Lipinski definition) is 1. The summed E-state index contributed by atoms with van der Waals surface area (Å²) >= 11 is 0. The van der Waals surface area contributed by atoms with E-state index in [1.165, 1.54) is 19.3 Å². The van der Waals surface area contributed by atoms with E-state index in [-0.39, 0.29) is 5.82 Å². The van der Waals surface area contributed by atoms with Gasteiger partial charge in [0.2, 0.25) is 0 Å². The minimum absolute atomic E-state index is 0.256. The Balaban J connectivity index is 1.79. The third kappa shape index (κ3) is 2.77. The molecule has 5 heteroatoms. The highest BCUT2D eigenvalue weighted by Gasteiger charge is 2.12. The average Bonchev–Trinajstić information content (AvgIpc) is 2.76. The van der Waals surface area contributed by atoms with E-state index >= 15 is 0 Å². The van der Waals surface area contributed by atoms with Gasteiger partial charge in [-0.3, -0.25) is 4.68 Å². The van der Waals surface area contributed by atoms with Crippen LogP contribution >= 0.6 is 0 Å². The predicted octanol–water partition coefficient (Wildman–Crippen LogP) is 0.682. The van der Waals surface area contributed by atoms with Crippen molar-refractivity contribution in [1.82, 2.24) is 20.1 Å². The molecule has 0 saturated carbocycles. The van der Waals surface area contributed by atoms with E-state index in [1.807, 2.05) is 6.07 Å². The summed E-state index contributed by atoms with van der Waals surface area (Å²) in [5.74, 6) is 0.256. The van der Waals surface area contributed by atoms with E-state index in [2.05, 4.69) is 15.4 Å². The Kier molecular flexibility index (Phi) is 3.30. The van der Waals surface area contributed by atoms with Crippen LogP contribution in [0.3, 0.4) is 0 Å². The zero-order chi connectivity index (χ0) is 10.5. The van der Waals surface area contributed by atoms with Crippen molar-refractivity contribution in [1.29, 1.82) is 5.26 Å². The molecule has 0 radical (unpaired) electrons. The van der Waals surface area contributed by atoms with Gasteiger partial charge in [0.15, 0.2) is 0 Å². The quantitative estimate of drug-likeness (QED) is 0.788. The normalized spacial score (nSPS) is 21.1. The van der Waals surface area contributed by atoms with Gasteiger partial charge >= 0.3 is 0 Å². The maximum atomic E-state index is 8.57. The lowest BCUT2D eigenvalue weighted by Crippen LogP contribution is -2.34. The van der Waals surface area contributed by atoms with Crippen molar-refractivity contribution < 1.29 is 0 Å². The Morgan fingerprint density at radius 1 is 1.60 bits per heavy atom. The highest BCUT2D eigenvalue weighted by molar-refractivity contribution is 5.05. The summed E-state index contributed by atoms with van der Waals surface area (Å²) in [7, 11) is 0. The number of nitrogens with one attached hydrogen (secondary N) is 1. The van der Waals surface area contributed by atoms with Gasteiger partial charge in [0.25, 0.3) is 5.82 Å². The molecule has 0 aliphatic carbocycles. The molecule has 0 amide bonds. The van der Waals surface area contributed by atoms with Crippen LogP contribution < -0.4 is 5.32 Å². The van der Waals surface area contributed by atoms with E-state index in [0.717, 1.165) is 19.5 Å². The van der Waals surface area contributed by atoms with Gasteiger partial charge in [0.1, 0.15) is 12.4 Å². The Bertz CT molecular complexity index is 345. The van der Waals surface area contributed by atoms with Crippen molar-refractivity contribution in [2.45, 2.75) is 38.3 Å². The molecule has 0 bridgehead atoms. The molecule has 2 rings (SSSR count). The molecule has 1 atom stereocenters. The number of aromatic nitrogens is 3. The monoisotopic (exact) mass is 205 g/mol. The first-order valence-corrected chi connectivity index (χ1v) is 5.41. The fraction of sp³-hybridized carbons (Fsp3) is 0.700. The molecule has 1 aliphatic rings. The first-order valence-electron chi connectivity index (χ1n) is 5.41. The molecule has 15 heavy (non-hydrogen) atoms. The number of nitrogens with zero attached hydrogens (tertiary/aromatic N) is 4. The molecule has 1 N–H and O–H groups in total. The van der Waals surface area contributed by atoms with Crippen LogP contribution in [-0.4, -0.2) is 27.4 Å². The van der Waals surface area contributed by atoms with Crippen molar-refractivity contribution in [2.75, 3.05) is 6.54 Å². The summed E-state index contributed by atoms with van der Waals surface area (Å²) in [5.41, 5.74) is 0. The lowest BCUT2D eigenvalue weighted by Gasteiger charge is -2.23. The fourth-order valence-electron chi connectivity index (χ4n) is 1.91. The minimum atomic E-state index is 0.256. The van der Waals surface area contributed by atoms with Gasteiger partial charge in [-0.25, -0.2) is 4.98 Å². The Hall–Kier alpha value is -1.41. The number of rotatable bonds is 3. The van der Waals surface area contributed by atoms with Gasteiger partial charge in [-0.2, -0.15) is 5.26 Å². The van der Waals surface area contributed by atoms with E-state index in [1.54, 1.807) is 11.0 Å². The second-order valence-electron chi connectivity index (χ2n) is 3.88. The predicted molar refractivity (Wildman–Crippen MR) is 55.0 cm³/mol. The molecule has 1 aromatic rings. The molecule has 1 fully saturated rings. The number of hydrogen-bond acceptors (Lipinski definition) is 4. The zero-order valence-corrected chi connectivity index (χ0v) is 8.69. The second kappa shape index (κ2) is 4.89. The van der Waals surface area contributed by atoms with Crippen molar-refractivity contribution in [3.8, 4) is 6.07 Å². The number of aryl methyl sites for hydroxylation is 1. The molecule has 0 spiro atoms. The lowest BCUT2D eigenvalue weighted by molar-refractivity contribution is 0.360. The van der Waals surface area contributed by atoms with Gasteiger partial charge in [0, 0.05) is 12.6 Å². The van der Waals surface area contributed by atoms with Crippen LogP contribution in [0.25, 0.3) is 0 Å². The van der Waals surface area contributed by atoms with Crippen LogP contribution in [0.2, 0.25) is 0 Å². The largest absolute Gasteiger partial charge is 0.314 e. The highest BCUT2D eigenvalue weighted by atomic mass is 15.3. The van der Waals surface area contributed by atoms with E-state index in [9.17, 15) is 0 Å². The third-order valence-electron chi connectivity index (χ3n) is 2.76. The van der Waals surface area contributed by atoms with Gasteiger partial charge in [-0.05, 0) is 25.8 Å². The maximum absolute atomic E-state index is 8.57. The average molecular weight is 205 g/mol. The summed E-state index contributed by atoms with van der Waals surface area (Å²) in [5, 5.41) is 16.1. The standard InChI is InChI=1S/C10H15N5/c11-7-10-13-8-15(14-10)6-4-9-3-1-2-5-12-9/h8-9,12H,1-6H2. The summed E-state index contributed by atoms with van der Waals surface area (Å²) < 4.78 is 1.74. The Morgan fingerprint density at radius 3 is 3.20 bits per heavy atom. The van der Waals surface area contributed by atoms with Crippen LogP contribution in [0.4, 0.5) is 0 Å². The van der Waals surface area contributed by atoms with Crippen LogP contribution in [0.15, 0.2) is 6.33 Å². The van der Waals surface area contributed by atoms with Gasteiger partial charge in [0.05, 0.1) is 0 Å². The summed E-state index contributed by atoms with van der Waals surface area (Å²) in [6, 6.07) is 2.53. The molecular weight excluding hydrogens is 190 g/mol. The molecule has 1 unspecified atom stereocenters. The zero-order valence-electron chi connectivity index (χ0n) is 8.69. The smallest absolute Gasteiger partial charge is 0.252 e. The molecule has 5 nitrogen and oxygen atoms in total. The van der Waals surface area contributed by atoms with Crippen LogP contribution in [0, 0.1) is 11.3 Å². The number of nitriles is 1. The maximum Gasteiger partial charge on any atom is 0.252 e. The molecule has 80 valence electrons. The van der Waals surface area contributed by atoms with Crippen molar-refractivity contribution in [2.24, 2.45) is 0 Å². The Labute approximate surface area is 89.1 Å². The minimum Gasteiger partial charge on any atom is -0.314 e. The van der Waals surface area contributed by atoms with Crippen LogP contribution in [0.5, 0.6) is 0 Å². The SMILES string of the molecule is N#Cc1ncn(CCC2CCCCN2)n1. The summed E-state index contributed by atoms with van der Waals surface area (Å²) in [6.45, 7) is 1.97. The van der Waals surface area contributed by atoms with E-state index in [4.69, 9.17) is 5.26 Å². The van der Waals surface area contributed by atoms with E-state index in [0.29, 0.717) is 6.04 Å². The molecular formula is C10H15N5. The lowest BCUT2D eigenvalue weighted by atomic mass is 10.0.